The van der Waals surface area contributed by atoms with Crippen molar-refractivity contribution < 1.29 is 23.9 Å². The summed E-state index contributed by atoms with van der Waals surface area (Å²) in [6, 6.07) is 9.32. The van der Waals surface area contributed by atoms with Crippen LogP contribution in [0.4, 0.5) is 11.4 Å². The molecule has 0 aliphatic carbocycles. The lowest BCUT2D eigenvalue weighted by atomic mass is 10.1. The van der Waals surface area contributed by atoms with Gasteiger partial charge in [0.25, 0.3) is 5.69 Å². The number of benzene rings is 2. The third-order valence-electron chi connectivity index (χ3n) is 4.63. The molecule has 0 radical (unpaired) electrons. The molecule has 0 aliphatic heterocycles. The lowest BCUT2D eigenvalue weighted by Crippen LogP contribution is -2.14. The van der Waals surface area contributed by atoms with Crippen molar-refractivity contribution in [2.45, 2.75) is 18.6 Å². The van der Waals surface area contributed by atoms with E-state index in [2.05, 4.69) is 15.5 Å². The maximum absolute atomic E-state index is 12.4. The van der Waals surface area contributed by atoms with E-state index in [-0.39, 0.29) is 17.3 Å². The molecule has 3 rings (SSSR count). The van der Waals surface area contributed by atoms with Gasteiger partial charge in [-0.2, -0.15) is 0 Å². The molecule has 174 valence electrons. The molecule has 0 spiro atoms. The molecule has 0 fully saturated rings. The minimum atomic E-state index is -0.515. The topological polar surface area (TPSA) is 131 Å². The summed E-state index contributed by atoms with van der Waals surface area (Å²) >= 11 is 1.21. The second-order valence-corrected chi connectivity index (χ2v) is 7.55. The van der Waals surface area contributed by atoms with Crippen molar-refractivity contribution in [1.82, 2.24) is 14.8 Å². The molecule has 1 heterocycles. The van der Waals surface area contributed by atoms with Crippen LogP contribution in [0.5, 0.6) is 17.2 Å². The molecule has 1 aromatic heterocycles. The minimum Gasteiger partial charge on any atom is -0.493 e. The maximum Gasteiger partial charge on any atom is 0.271 e. The average Bonchev–Trinajstić information content (AvgIpc) is 3.24. The first-order chi connectivity index (χ1) is 15.9. The second-order valence-electron chi connectivity index (χ2n) is 6.61. The van der Waals surface area contributed by atoms with E-state index in [1.807, 2.05) is 11.5 Å². The van der Waals surface area contributed by atoms with Gasteiger partial charge < -0.3 is 24.1 Å². The Morgan fingerprint density at radius 3 is 2.39 bits per heavy atom. The van der Waals surface area contributed by atoms with Crippen molar-refractivity contribution in [3.8, 4) is 28.6 Å². The van der Waals surface area contributed by atoms with Crippen LogP contribution in [0.2, 0.25) is 0 Å². The number of hydrogen-bond acceptors (Lipinski definition) is 9. The van der Waals surface area contributed by atoms with Crippen LogP contribution in [0, 0.1) is 10.1 Å². The molecule has 33 heavy (non-hydrogen) atoms. The normalized spacial score (nSPS) is 10.5. The van der Waals surface area contributed by atoms with Gasteiger partial charge in [-0.15, -0.1) is 10.2 Å². The predicted octanol–water partition coefficient (Wildman–Crippen LogP) is 3.63. The molecule has 3 aromatic rings. The fourth-order valence-corrected chi connectivity index (χ4v) is 3.93. The Morgan fingerprint density at radius 2 is 1.82 bits per heavy atom. The van der Waals surface area contributed by atoms with Gasteiger partial charge in [-0.05, 0) is 25.1 Å². The summed E-state index contributed by atoms with van der Waals surface area (Å²) in [7, 11) is 4.60. The smallest absolute Gasteiger partial charge is 0.271 e. The van der Waals surface area contributed by atoms with Gasteiger partial charge in [0.1, 0.15) is 0 Å². The first-order valence-electron chi connectivity index (χ1n) is 9.82. The number of carbonyl (C=O) groups is 1. The third kappa shape index (κ3) is 5.34. The molecule has 1 N–H and O–H groups in total. The van der Waals surface area contributed by atoms with Gasteiger partial charge >= 0.3 is 0 Å². The number of nitro benzene ring substituents is 1. The molecule has 2 aromatic carbocycles. The molecule has 11 nitrogen and oxygen atoms in total. The summed E-state index contributed by atoms with van der Waals surface area (Å²) in [5.41, 5.74) is 0.970. The van der Waals surface area contributed by atoms with Gasteiger partial charge in [-0.1, -0.05) is 17.8 Å². The number of rotatable bonds is 10. The zero-order valence-electron chi connectivity index (χ0n) is 18.5. The van der Waals surface area contributed by atoms with Gasteiger partial charge in [0.2, 0.25) is 11.7 Å². The predicted molar refractivity (Wildman–Crippen MR) is 123 cm³/mol. The Morgan fingerprint density at radius 1 is 1.12 bits per heavy atom. The Hall–Kier alpha value is -3.80. The fourth-order valence-electron chi connectivity index (χ4n) is 3.13. The lowest BCUT2D eigenvalue weighted by molar-refractivity contribution is -0.384. The highest BCUT2D eigenvalue weighted by Gasteiger charge is 2.20. The zero-order valence-corrected chi connectivity index (χ0v) is 19.3. The number of anilines is 1. The number of methoxy groups -OCH3 is 3. The van der Waals surface area contributed by atoms with Crippen LogP contribution >= 0.6 is 11.8 Å². The van der Waals surface area contributed by atoms with Crippen molar-refractivity contribution in [1.29, 1.82) is 0 Å². The lowest BCUT2D eigenvalue weighted by Gasteiger charge is -2.14. The van der Waals surface area contributed by atoms with E-state index in [4.69, 9.17) is 14.2 Å². The van der Waals surface area contributed by atoms with Crippen LogP contribution in [0.3, 0.4) is 0 Å². The summed E-state index contributed by atoms with van der Waals surface area (Å²) in [5, 5.41) is 22.6. The molecule has 0 aliphatic rings. The summed E-state index contributed by atoms with van der Waals surface area (Å²) in [6.45, 7) is 2.51. The monoisotopic (exact) mass is 473 g/mol. The average molecular weight is 474 g/mol. The van der Waals surface area contributed by atoms with Gasteiger partial charge in [0.05, 0.1) is 32.0 Å². The summed E-state index contributed by atoms with van der Waals surface area (Å²) in [4.78, 5) is 22.8. The number of carbonyl (C=O) groups excluding carboxylic acids is 1. The van der Waals surface area contributed by atoms with E-state index in [0.717, 1.165) is 0 Å². The summed E-state index contributed by atoms with van der Waals surface area (Å²) in [6.07, 6.45) is 0. The van der Waals surface area contributed by atoms with Crippen molar-refractivity contribution >= 4 is 29.0 Å². The zero-order chi connectivity index (χ0) is 24.0. The van der Waals surface area contributed by atoms with Crippen LogP contribution in [0.1, 0.15) is 6.92 Å². The number of nitro groups is 1. The molecule has 0 bridgehead atoms. The van der Waals surface area contributed by atoms with E-state index < -0.39 is 4.92 Å². The Kier molecular flexibility index (Phi) is 7.72. The van der Waals surface area contributed by atoms with Crippen molar-refractivity contribution in [3.05, 3.63) is 46.5 Å². The number of hydrogen-bond donors (Lipinski definition) is 1. The molecule has 0 saturated heterocycles. The van der Waals surface area contributed by atoms with Crippen LogP contribution in [-0.2, 0) is 11.3 Å². The van der Waals surface area contributed by atoms with Gasteiger partial charge in [-0.25, -0.2) is 0 Å². The largest absolute Gasteiger partial charge is 0.493 e. The standard InChI is InChI=1S/C21H23N5O6S/c1-5-25-20(13-9-16(30-2)19(32-4)17(10-13)31-3)23-24-21(25)33-12-18(27)22-14-7-6-8-15(11-14)26(28)29/h6-11H,5,12H2,1-4H3,(H,22,27). The number of nitrogens with one attached hydrogen (secondary N) is 1. The Labute approximate surface area is 194 Å². The Balaban J connectivity index is 1.78. The van der Waals surface area contributed by atoms with Crippen LogP contribution < -0.4 is 19.5 Å². The highest BCUT2D eigenvalue weighted by atomic mass is 32.2. The fraction of sp³-hybridized carbons (Fsp3) is 0.286. The van der Waals surface area contributed by atoms with Gasteiger partial charge in [0, 0.05) is 29.9 Å². The third-order valence-corrected chi connectivity index (χ3v) is 5.60. The van der Waals surface area contributed by atoms with E-state index >= 15 is 0 Å². The number of amides is 1. The Bertz CT molecular complexity index is 1140. The van der Waals surface area contributed by atoms with E-state index in [9.17, 15) is 14.9 Å². The SMILES string of the molecule is CCn1c(SCC(=O)Nc2cccc([N+](=O)[O-])c2)nnc1-c1cc(OC)c(OC)c(OC)c1. The van der Waals surface area contributed by atoms with Crippen molar-refractivity contribution in [2.75, 3.05) is 32.4 Å². The number of aromatic nitrogens is 3. The van der Waals surface area contributed by atoms with Gasteiger partial charge in [-0.3, -0.25) is 14.9 Å². The van der Waals surface area contributed by atoms with Crippen LogP contribution in [-0.4, -0.2) is 52.7 Å². The van der Waals surface area contributed by atoms with E-state index in [1.165, 1.54) is 51.3 Å². The van der Waals surface area contributed by atoms with Crippen molar-refractivity contribution in [2.24, 2.45) is 0 Å². The first-order valence-corrected chi connectivity index (χ1v) is 10.8. The van der Waals surface area contributed by atoms with Crippen LogP contribution in [0.25, 0.3) is 11.4 Å². The number of non-ortho nitro benzene ring substituents is 1. The molecular formula is C21H23N5O6S. The molecule has 0 saturated carbocycles. The quantitative estimate of drug-likeness (QED) is 0.266. The molecule has 0 atom stereocenters. The first kappa shape index (κ1) is 23.9. The second kappa shape index (κ2) is 10.7. The highest BCUT2D eigenvalue weighted by Crippen LogP contribution is 2.41. The molecule has 12 heteroatoms. The minimum absolute atomic E-state index is 0.0517. The van der Waals surface area contributed by atoms with Crippen molar-refractivity contribution in [3.63, 3.8) is 0 Å². The van der Waals surface area contributed by atoms with Crippen LogP contribution in [0.15, 0.2) is 41.6 Å². The molecule has 1 amide bonds. The number of ether oxygens (including phenoxy) is 3. The highest BCUT2D eigenvalue weighted by molar-refractivity contribution is 7.99. The number of nitrogens with zero attached hydrogens (tertiary/aromatic N) is 4. The maximum atomic E-state index is 12.4. The molecular weight excluding hydrogens is 450 g/mol. The summed E-state index contributed by atoms with van der Waals surface area (Å²) in [5.74, 6) is 1.76. The van der Waals surface area contributed by atoms with Gasteiger partial charge in [0.15, 0.2) is 22.5 Å². The number of thioether (sulfide) groups is 1. The van der Waals surface area contributed by atoms with E-state index in [1.54, 1.807) is 18.2 Å². The summed E-state index contributed by atoms with van der Waals surface area (Å²) < 4.78 is 18.1. The van der Waals surface area contributed by atoms with E-state index in [0.29, 0.717) is 46.0 Å². The molecule has 0 unspecified atom stereocenters.